The molecular formula is C16H20N2O2. The van der Waals surface area contributed by atoms with Crippen LogP contribution in [-0.4, -0.2) is 34.5 Å². The number of carbonyl (C=O) groups excluding carboxylic acids is 2. The van der Waals surface area contributed by atoms with Crippen molar-refractivity contribution < 1.29 is 9.59 Å². The fourth-order valence-corrected chi connectivity index (χ4v) is 3.53. The van der Waals surface area contributed by atoms with Crippen LogP contribution in [0.5, 0.6) is 0 Å². The van der Waals surface area contributed by atoms with Crippen molar-refractivity contribution in [1.82, 2.24) is 9.88 Å². The molecule has 1 aliphatic carbocycles. The summed E-state index contributed by atoms with van der Waals surface area (Å²) in [6.07, 6.45) is 6.97. The van der Waals surface area contributed by atoms with Crippen LogP contribution in [0.3, 0.4) is 0 Å². The van der Waals surface area contributed by atoms with E-state index in [-0.39, 0.29) is 23.4 Å². The highest BCUT2D eigenvalue weighted by molar-refractivity contribution is 6.02. The van der Waals surface area contributed by atoms with E-state index in [0.29, 0.717) is 12.8 Å². The summed E-state index contributed by atoms with van der Waals surface area (Å²) < 4.78 is 0. The standard InChI is InChI=1S/C16H20N2O2/c19-14-9-15(20)11-16(10-14)3-7-18(8-4-16)12-13-1-5-17-6-2-13/h1-2,5-6H,3-4,7-12H2. The Kier molecular flexibility index (Phi) is 3.66. The Labute approximate surface area is 119 Å². The zero-order valence-electron chi connectivity index (χ0n) is 11.7. The molecule has 0 radical (unpaired) electrons. The minimum atomic E-state index is -0.0266. The minimum absolute atomic E-state index is 0.0266. The highest BCUT2D eigenvalue weighted by atomic mass is 16.1. The zero-order chi connectivity index (χ0) is 14.0. The molecule has 2 heterocycles. The van der Waals surface area contributed by atoms with E-state index in [1.54, 1.807) is 0 Å². The lowest BCUT2D eigenvalue weighted by Gasteiger charge is -2.43. The number of ketones is 2. The molecule has 0 amide bonds. The maximum absolute atomic E-state index is 11.7. The van der Waals surface area contributed by atoms with E-state index in [0.717, 1.165) is 32.5 Å². The average molecular weight is 272 g/mol. The van der Waals surface area contributed by atoms with Crippen molar-refractivity contribution in [3.8, 4) is 0 Å². The van der Waals surface area contributed by atoms with E-state index >= 15 is 0 Å². The molecule has 1 spiro atoms. The summed E-state index contributed by atoms with van der Waals surface area (Å²) in [6, 6.07) is 4.08. The van der Waals surface area contributed by atoms with Gasteiger partial charge in [-0.15, -0.1) is 0 Å². The molecule has 106 valence electrons. The maximum atomic E-state index is 11.7. The van der Waals surface area contributed by atoms with Gasteiger partial charge in [0.25, 0.3) is 0 Å². The van der Waals surface area contributed by atoms with Gasteiger partial charge in [0, 0.05) is 31.8 Å². The minimum Gasteiger partial charge on any atom is -0.299 e. The van der Waals surface area contributed by atoms with Crippen molar-refractivity contribution in [2.75, 3.05) is 13.1 Å². The van der Waals surface area contributed by atoms with Crippen molar-refractivity contribution in [3.05, 3.63) is 30.1 Å². The lowest BCUT2D eigenvalue weighted by molar-refractivity contribution is -0.135. The third-order valence-corrected chi connectivity index (χ3v) is 4.61. The predicted octanol–water partition coefficient (Wildman–Crippen LogP) is 1.99. The van der Waals surface area contributed by atoms with Gasteiger partial charge in [-0.05, 0) is 49.0 Å². The van der Waals surface area contributed by atoms with Crippen LogP contribution >= 0.6 is 0 Å². The summed E-state index contributed by atoms with van der Waals surface area (Å²) in [5.41, 5.74) is 1.24. The summed E-state index contributed by atoms with van der Waals surface area (Å²) in [5, 5.41) is 0. The van der Waals surface area contributed by atoms with Gasteiger partial charge in [0.05, 0.1) is 6.42 Å². The number of hydrogen-bond donors (Lipinski definition) is 0. The van der Waals surface area contributed by atoms with E-state index in [1.807, 2.05) is 24.5 Å². The first-order chi connectivity index (χ1) is 9.65. The lowest BCUT2D eigenvalue weighted by Crippen LogP contribution is -2.44. The molecule has 1 saturated heterocycles. The maximum Gasteiger partial charge on any atom is 0.140 e. The fourth-order valence-electron chi connectivity index (χ4n) is 3.53. The third kappa shape index (κ3) is 2.96. The van der Waals surface area contributed by atoms with Crippen molar-refractivity contribution in [3.63, 3.8) is 0 Å². The molecule has 2 fully saturated rings. The number of rotatable bonds is 2. The average Bonchev–Trinajstić information content (AvgIpc) is 2.42. The van der Waals surface area contributed by atoms with Crippen LogP contribution in [0.1, 0.15) is 37.7 Å². The van der Waals surface area contributed by atoms with Crippen LogP contribution in [0, 0.1) is 5.41 Å². The summed E-state index contributed by atoms with van der Waals surface area (Å²) in [4.78, 5) is 29.8. The Morgan fingerprint density at radius 3 is 2.25 bits per heavy atom. The van der Waals surface area contributed by atoms with E-state index < -0.39 is 0 Å². The quantitative estimate of drug-likeness (QED) is 0.773. The van der Waals surface area contributed by atoms with E-state index in [2.05, 4.69) is 9.88 Å². The van der Waals surface area contributed by atoms with Crippen LogP contribution in [-0.2, 0) is 16.1 Å². The normalized spacial score (nSPS) is 23.2. The van der Waals surface area contributed by atoms with Crippen molar-refractivity contribution in [2.24, 2.45) is 5.41 Å². The first kappa shape index (κ1) is 13.4. The van der Waals surface area contributed by atoms with Crippen molar-refractivity contribution in [1.29, 1.82) is 0 Å². The van der Waals surface area contributed by atoms with Gasteiger partial charge in [0.15, 0.2) is 0 Å². The van der Waals surface area contributed by atoms with Crippen LogP contribution in [0.15, 0.2) is 24.5 Å². The Morgan fingerprint density at radius 2 is 1.65 bits per heavy atom. The molecule has 0 unspecified atom stereocenters. The first-order valence-electron chi connectivity index (χ1n) is 7.30. The Morgan fingerprint density at radius 1 is 1.05 bits per heavy atom. The molecular weight excluding hydrogens is 252 g/mol. The molecule has 4 nitrogen and oxygen atoms in total. The van der Waals surface area contributed by atoms with Gasteiger partial charge in [-0.3, -0.25) is 19.5 Å². The van der Waals surface area contributed by atoms with Gasteiger partial charge >= 0.3 is 0 Å². The smallest absolute Gasteiger partial charge is 0.140 e. The first-order valence-corrected chi connectivity index (χ1v) is 7.30. The number of aromatic nitrogens is 1. The fraction of sp³-hybridized carbons (Fsp3) is 0.562. The monoisotopic (exact) mass is 272 g/mol. The molecule has 3 rings (SSSR count). The van der Waals surface area contributed by atoms with Gasteiger partial charge < -0.3 is 0 Å². The van der Waals surface area contributed by atoms with E-state index in [9.17, 15) is 9.59 Å². The Hall–Kier alpha value is -1.55. The van der Waals surface area contributed by atoms with Crippen molar-refractivity contribution >= 4 is 11.6 Å². The van der Waals surface area contributed by atoms with Crippen LogP contribution in [0.25, 0.3) is 0 Å². The summed E-state index contributed by atoms with van der Waals surface area (Å²) >= 11 is 0. The third-order valence-electron chi connectivity index (χ3n) is 4.61. The number of pyridine rings is 1. The summed E-state index contributed by atoms with van der Waals surface area (Å²) in [7, 11) is 0. The number of hydrogen-bond acceptors (Lipinski definition) is 4. The molecule has 4 heteroatoms. The molecule has 0 atom stereocenters. The molecule has 0 N–H and O–H groups in total. The SMILES string of the molecule is O=C1CC(=O)CC2(CCN(Cc3ccncc3)CC2)C1. The number of piperidine rings is 1. The van der Waals surface area contributed by atoms with E-state index in [1.165, 1.54) is 5.56 Å². The van der Waals surface area contributed by atoms with Gasteiger partial charge in [0.1, 0.15) is 11.6 Å². The Bertz CT molecular complexity index is 486. The van der Waals surface area contributed by atoms with E-state index in [4.69, 9.17) is 0 Å². The largest absolute Gasteiger partial charge is 0.299 e. The second kappa shape index (κ2) is 5.44. The van der Waals surface area contributed by atoms with Gasteiger partial charge in [0.2, 0.25) is 0 Å². The zero-order valence-corrected chi connectivity index (χ0v) is 11.7. The molecule has 1 aromatic rings. The molecule has 1 aromatic heterocycles. The topological polar surface area (TPSA) is 50.3 Å². The molecule has 0 aromatic carbocycles. The number of likely N-dealkylation sites (tertiary alicyclic amines) is 1. The van der Waals surface area contributed by atoms with Crippen LogP contribution in [0.4, 0.5) is 0 Å². The molecule has 0 bridgehead atoms. The predicted molar refractivity (Wildman–Crippen MR) is 75.0 cm³/mol. The van der Waals surface area contributed by atoms with Gasteiger partial charge in [-0.2, -0.15) is 0 Å². The highest BCUT2D eigenvalue weighted by Gasteiger charge is 2.41. The van der Waals surface area contributed by atoms with Crippen LogP contribution in [0.2, 0.25) is 0 Å². The lowest BCUT2D eigenvalue weighted by atomic mass is 9.67. The van der Waals surface area contributed by atoms with Gasteiger partial charge in [-0.1, -0.05) is 0 Å². The van der Waals surface area contributed by atoms with Crippen LogP contribution < -0.4 is 0 Å². The van der Waals surface area contributed by atoms with Crippen molar-refractivity contribution in [2.45, 2.75) is 38.6 Å². The summed E-state index contributed by atoms with van der Waals surface area (Å²) in [5.74, 6) is 0.285. The summed E-state index contributed by atoms with van der Waals surface area (Å²) in [6.45, 7) is 2.88. The number of Topliss-reactive ketones (excluding diaryl/α,β-unsaturated/α-hetero) is 2. The Balaban J connectivity index is 1.59. The molecule has 2 aliphatic rings. The number of carbonyl (C=O) groups is 2. The molecule has 1 aliphatic heterocycles. The second-order valence-electron chi connectivity index (χ2n) is 6.24. The second-order valence-corrected chi connectivity index (χ2v) is 6.24. The number of nitrogens with zero attached hydrogens (tertiary/aromatic N) is 2. The van der Waals surface area contributed by atoms with Gasteiger partial charge in [-0.25, -0.2) is 0 Å². The molecule has 1 saturated carbocycles. The highest BCUT2D eigenvalue weighted by Crippen LogP contribution is 2.42. The molecule has 20 heavy (non-hydrogen) atoms.